The van der Waals surface area contributed by atoms with Crippen molar-refractivity contribution in [3.63, 3.8) is 0 Å². The van der Waals surface area contributed by atoms with Crippen molar-refractivity contribution in [2.45, 2.75) is 25.7 Å². The molecule has 1 fully saturated rings. The molecule has 1 unspecified atom stereocenters. The van der Waals surface area contributed by atoms with Crippen LogP contribution in [0.4, 0.5) is 0 Å². The number of hydrogen-bond acceptors (Lipinski definition) is 2. The van der Waals surface area contributed by atoms with E-state index in [4.69, 9.17) is 4.74 Å². The molecule has 13 heavy (non-hydrogen) atoms. The molecule has 1 aromatic rings. The summed E-state index contributed by atoms with van der Waals surface area (Å²) in [5.41, 5.74) is 1.16. The average molecular weight is 177 g/mol. The van der Waals surface area contributed by atoms with Gasteiger partial charge in [0.15, 0.2) is 0 Å². The Labute approximate surface area is 78.9 Å². The molecule has 0 aliphatic carbocycles. The third kappa shape index (κ3) is 1.90. The number of hydrogen-bond donors (Lipinski definition) is 1. The molecule has 1 aliphatic rings. The van der Waals surface area contributed by atoms with Crippen LogP contribution in [0.25, 0.3) is 0 Å². The molecule has 1 atom stereocenters. The normalized spacial score (nSPS) is 26.2. The van der Waals surface area contributed by atoms with Gasteiger partial charge < -0.3 is 4.74 Å². The van der Waals surface area contributed by atoms with Gasteiger partial charge in [0.1, 0.15) is 6.23 Å². The first kappa shape index (κ1) is 8.73. The van der Waals surface area contributed by atoms with Crippen molar-refractivity contribution in [1.29, 1.82) is 0 Å². The third-order valence-corrected chi connectivity index (χ3v) is 2.25. The van der Waals surface area contributed by atoms with Crippen LogP contribution < -0.4 is 5.32 Å². The van der Waals surface area contributed by atoms with Crippen molar-refractivity contribution in [3.8, 4) is 0 Å². The Kier molecular flexibility index (Phi) is 2.10. The largest absolute Gasteiger partial charge is 0.352 e. The summed E-state index contributed by atoms with van der Waals surface area (Å²) >= 11 is 0. The van der Waals surface area contributed by atoms with Crippen LogP contribution in [0.2, 0.25) is 0 Å². The molecular formula is C11H15NO. The molecule has 2 nitrogen and oxygen atoms in total. The van der Waals surface area contributed by atoms with Gasteiger partial charge in [0, 0.05) is 6.54 Å². The number of nitrogens with one attached hydrogen (secondary N) is 1. The topological polar surface area (TPSA) is 21.3 Å². The Morgan fingerprint density at radius 2 is 2.00 bits per heavy atom. The Bertz CT molecular complexity index is 281. The Balaban J connectivity index is 2.13. The Hall–Kier alpha value is -0.860. The average Bonchev–Trinajstić information content (AvgIpc) is 2.48. The Morgan fingerprint density at radius 1 is 1.31 bits per heavy atom. The molecule has 1 aromatic carbocycles. The summed E-state index contributed by atoms with van der Waals surface area (Å²) in [7, 11) is 0. The number of rotatable bonds is 1. The third-order valence-electron chi connectivity index (χ3n) is 2.25. The minimum absolute atomic E-state index is 0.0412. The molecule has 0 spiro atoms. The van der Waals surface area contributed by atoms with Crippen LogP contribution in [0.15, 0.2) is 30.3 Å². The van der Waals surface area contributed by atoms with E-state index >= 15 is 0 Å². The molecule has 1 N–H and O–H groups in total. The van der Waals surface area contributed by atoms with Gasteiger partial charge in [0.05, 0.1) is 5.60 Å². The zero-order valence-electron chi connectivity index (χ0n) is 8.08. The Morgan fingerprint density at radius 3 is 2.54 bits per heavy atom. The highest BCUT2D eigenvalue weighted by Gasteiger charge is 2.31. The summed E-state index contributed by atoms with van der Waals surface area (Å²) in [6.45, 7) is 5.11. The standard InChI is InChI=1S/C11H15NO/c1-11(2)8-12-10(13-11)9-6-4-3-5-7-9/h3-7,10,12H,8H2,1-2H3. The fourth-order valence-electron chi connectivity index (χ4n) is 1.55. The molecule has 0 saturated carbocycles. The zero-order chi connectivity index (χ0) is 9.31. The summed E-state index contributed by atoms with van der Waals surface area (Å²) in [5, 5.41) is 3.34. The van der Waals surface area contributed by atoms with E-state index in [0.717, 1.165) is 6.54 Å². The highest BCUT2D eigenvalue weighted by atomic mass is 16.5. The molecule has 0 radical (unpaired) electrons. The molecule has 70 valence electrons. The van der Waals surface area contributed by atoms with Crippen molar-refractivity contribution in [3.05, 3.63) is 35.9 Å². The molecule has 2 rings (SSSR count). The van der Waals surface area contributed by atoms with Gasteiger partial charge in [-0.1, -0.05) is 30.3 Å². The lowest BCUT2D eigenvalue weighted by molar-refractivity contribution is -0.0155. The van der Waals surface area contributed by atoms with E-state index in [0.29, 0.717) is 0 Å². The van der Waals surface area contributed by atoms with E-state index in [1.165, 1.54) is 5.56 Å². The summed E-state index contributed by atoms with van der Waals surface area (Å²) in [5.74, 6) is 0. The minimum atomic E-state index is -0.0412. The van der Waals surface area contributed by atoms with Crippen LogP contribution in [-0.2, 0) is 4.74 Å². The van der Waals surface area contributed by atoms with E-state index in [2.05, 4.69) is 31.3 Å². The summed E-state index contributed by atoms with van der Waals surface area (Å²) in [6, 6.07) is 10.2. The van der Waals surface area contributed by atoms with E-state index in [9.17, 15) is 0 Å². The van der Waals surface area contributed by atoms with Crippen LogP contribution >= 0.6 is 0 Å². The number of benzene rings is 1. The summed E-state index contributed by atoms with van der Waals surface area (Å²) in [4.78, 5) is 0. The van der Waals surface area contributed by atoms with E-state index < -0.39 is 0 Å². The fourth-order valence-corrected chi connectivity index (χ4v) is 1.55. The molecule has 1 aliphatic heterocycles. The molecule has 1 saturated heterocycles. The van der Waals surface area contributed by atoms with Crippen molar-refractivity contribution in [1.82, 2.24) is 5.32 Å². The van der Waals surface area contributed by atoms with Gasteiger partial charge in [-0.05, 0) is 19.4 Å². The van der Waals surface area contributed by atoms with Crippen molar-refractivity contribution in [2.75, 3.05) is 6.54 Å². The summed E-state index contributed by atoms with van der Waals surface area (Å²) < 4.78 is 5.82. The predicted octanol–water partition coefficient (Wildman–Crippen LogP) is 2.08. The van der Waals surface area contributed by atoms with Gasteiger partial charge in [0.2, 0.25) is 0 Å². The van der Waals surface area contributed by atoms with Crippen LogP contribution in [0.5, 0.6) is 0 Å². The smallest absolute Gasteiger partial charge is 0.135 e. The van der Waals surface area contributed by atoms with Gasteiger partial charge in [-0.3, -0.25) is 5.32 Å². The van der Waals surface area contributed by atoms with Gasteiger partial charge in [-0.15, -0.1) is 0 Å². The second-order valence-corrected chi connectivity index (χ2v) is 4.05. The fraction of sp³-hybridized carbons (Fsp3) is 0.455. The predicted molar refractivity (Wildman–Crippen MR) is 52.3 cm³/mol. The van der Waals surface area contributed by atoms with E-state index in [-0.39, 0.29) is 11.8 Å². The SMILES string of the molecule is CC1(C)CNC(c2ccccc2)O1. The van der Waals surface area contributed by atoms with Crippen molar-refractivity contribution < 1.29 is 4.74 Å². The highest BCUT2D eigenvalue weighted by molar-refractivity contribution is 5.18. The maximum Gasteiger partial charge on any atom is 0.135 e. The molecule has 0 amide bonds. The van der Waals surface area contributed by atoms with Gasteiger partial charge in [-0.2, -0.15) is 0 Å². The summed E-state index contributed by atoms with van der Waals surface area (Å²) in [6.07, 6.45) is 0.0659. The first-order valence-corrected chi connectivity index (χ1v) is 4.63. The first-order valence-electron chi connectivity index (χ1n) is 4.63. The van der Waals surface area contributed by atoms with Crippen molar-refractivity contribution in [2.24, 2.45) is 0 Å². The van der Waals surface area contributed by atoms with Crippen molar-refractivity contribution >= 4 is 0 Å². The van der Waals surface area contributed by atoms with Crippen LogP contribution in [0.1, 0.15) is 25.6 Å². The minimum Gasteiger partial charge on any atom is -0.352 e. The lowest BCUT2D eigenvalue weighted by atomic mass is 10.1. The van der Waals surface area contributed by atoms with Crippen LogP contribution in [0, 0.1) is 0 Å². The van der Waals surface area contributed by atoms with E-state index in [1.807, 2.05) is 18.2 Å². The quantitative estimate of drug-likeness (QED) is 0.709. The number of ether oxygens (including phenoxy) is 1. The van der Waals surface area contributed by atoms with Gasteiger partial charge in [-0.25, -0.2) is 0 Å². The maximum atomic E-state index is 5.82. The second kappa shape index (κ2) is 3.13. The van der Waals surface area contributed by atoms with Gasteiger partial charge >= 0.3 is 0 Å². The molecule has 1 heterocycles. The van der Waals surface area contributed by atoms with Crippen LogP contribution in [0.3, 0.4) is 0 Å². The molecule has 0 aromatic heterocycles. The highest BCUT2D eigenvalue weighted by Crippen LogP contribution is 2.27. The maximum absolute atomic E-state index is 5.82. The second-order valence-electron chi connectivity index (χ2n) is 4.05. The van der Waals surface area contributed by atoms with Crippen LogP contribution in [-0.4, -0.2) is 12.1 Å². The molecular weight excluding hydrogens is 162 g/mol. The van der Waals surface area contributed by atoms with E-state index in [1.54, 1.807) is 0 Å². The lowest BCUT2D eigenvalue weighted by Gasteiger charge is -2.17. The lowest BCUT2D eigenvalue weighted by Crippen LogP contribution is -2.23. The zero-order valence-corrected chi connectivity index (χ0v) is 8.08. The monoisotopic (exact) mass is 177 g/mol. The molecule has 2 heteroatoms. The van der Waals surface area contributed by atoms with Gasteiger partial charge in [0.25, 0.3) is 0 Å². The first-order chi connectivity index (χ1) is 6.17. The molecule has 0 bridgehead atoms.